The Kier molecular flexibility index (Phi) is 6.76. The second-order valence-electron chi connectivity index (χ2n) is 5.89. The van der Waals surface area contributed by atoms with Crippen LogP contribution in [0, 0.1) is 0 Å². The van der Waals surface area contributed by atoms with Gasteiger partial charge in [-0.15, -0.1) is 0 Å². The lowest BCUT2D eigenvalue weighted by Gasteiger charge is -2.31. The molecule has 0 amide bonds. The molecule has 0 aromatic heterocycles. The number of carbonyl (C=O) groups excluding carboxylic acids is 3. The molecule has 1 aliphatic heterocycles. The van der Waals surface area contributed by atoms with Gasteiger partial charge in [0.05, 0.1) is 36.5 Å². The summed E-state index contributed by atoms with van der Waals surface area (Å²) in [5.74, 6) is -2.33. The summed E-state index contributed by atoms with van der Waals surface area (Å²) in [5.41, 5.74) is 2.14. The molecule has 1 aromatic carbocycles. The van der Waals surface area contributed by atoms with Gasteiger partial charge in [0.15, 0.2) is 0 Å². The maximum atomic E-state index is 12.8. The summed E-state index contributed by atoms with van der Waals surface area (Å²) in [6.07, 6.45) is 0. The van der Waals surface area contributed by atoms with Gasteiger partial charge in [-0.05, 0) is 19.4 Å². The molecule has 7 nitrogen and oxygen atoms in total. The summed E-state index contributed by atoms with van der Waals surface area (Å²) < 4.78 is 15.2. The van der Waals surface area contributed by atoms with E-state index < -0.39 is 23.8 Å². The number of carbonyl (C=O) groups is 3. The van der Waals surface area contributed by atoms with Crippen LogP contribution in [-0.2, 0) is 28.6 Å². The quantitative estimate of drug-likeness (QED) is 0.604. The molecule has 0 saturated carbocycles. The van der Waals surface area contributed by atoms with Gasteiger partial charge in [-0.2, -0.15) is 0 Å². The number of esters is 3. The van der Waals surface area contributed by atoms with E-state index in [9.17, 15) is 14.4 Å². The van der Waals surface area contributed by atoms with Crippen LogP contribution in [0.3, 0.4) is 0 Å². The molecule has 2 rings (SSSR count). The minimum Gasteiger partial charge on any atom is -0.466 e. The van der Waals surface area contributed by atoms with E-state index in [0.717, 1.165) is 5.56 Å². The number of benzene rings is 1. The van der Waals surface area contributed by atoms with Crippen molar-refractivity contribution in [3.8, 4) is 0 Å². The van der Waals surface area contributed by atoms with Gasteiger partial charge in [0.2, 0.25) is 0 Å². The van der Waals surface area contributed by atoms with Gasteiger partial charge in [-0.3, -0.25) is 4.79 Å². The van der Waals surface area contributed by atoms with Crippen molar-refractivity contribution in [3.05, 3.63) is 58.4 Å². The lowest BCUT2D eigenvalue weighted by Crippen LogP contribution is -2.34. The monoisotopic (exact) mass is 373 g/mol. The second kappa shape index (κ2) is 9.02. The lowest BCUT2D eigenvalue weighted by atomic mass is 9.80. The van der Waals surface area contributed by atoms with Gasteiger partial charge < -0.3 is 19.5 Å². The first-order valence-electron chi connectivity index (χ1n) is 8.55. The number of rotatable bonds is 6. The number of methoxy groups -OCH3 is 1. The fraction of sp³-hybridized carbons (Fsp3) is 0.350. The standard InChI is InChI=1S/C20H23NO6/c1-5-26-20(24)18-15(11-27-13(3)22)21-12(2)16(19(23)25-4)17(18)14-9-7-6-8-10-14/h6-10,17,21H,5,11H2,1-4H3. The number of dihydropyridines is 1. The van der Waals surface area contributed by atoms with Crippen LogP contribution in [0.4, 0.5) is 0 Å². The zero-order valence-electron chi connectivity index (χ0n) is 15.8. The highest BCUT2D eigenvalue weighted by molar-refractivity contribution is 6.00. The number of ether oxygens (including phenoxy) is 3. The Morgan fingerprint density at radius 1 is 1.04 bits per heavy atom. The average Bonchev–Trinajstić information content (AvgIpc) is 2.65. The van der Waals surface area contributed by atoms with Crippen molar-refractivity contribution >= 4 is 17.9 Å². The van der Waals surface area contributed by atoms with Gasteiger partial charge >= 0.3 is 17.9 Å². The molecule has 27 heavy (non-hydrogen) atoms. The van der Waals surface area contributed by atoms with Crippen molar-refractivity contribution < 1.29 is 28.6 Å². The van der Waals surface area contributed by atoms with E-state index in [2.05, 4.69) is 5.32 Å². The van der Waals surface area contributed by atoms with Crippen molar-refractivity contribution in [2.24, 2.45) is 0 Å². The molecule has 144 valence electrons. The molecule has 0 spiro atoms. The number of hydrogen-bond acceptors (Lipinski definition) is 7. The van der Waals surface area contributed by atoms with Crippen LogP contribution >= 0.6 is 0 Å². The van der Waals surface area contributed by atoms with E-state index in [-0.39, 0.29) is 18.8 Å². The molecule has 1 atom stereocenters. The minimum atomic E-state index is -0.704. The van der Waals surface area contributed by atoms with Crippen LogP contribution in [0.15, 0.2) is 52.9 Å². The summed E-state index contributed by atoms with van der Waals surface area (Å²) in [5, 5.41) is 3.01. The Morgan fingerprint density at radius 2 is 1.70 bits per heavy atom. The average molecular weight is 373 g/mol. The maximum Gasteiger partial charge on any atom is 0.336 e. The molecule has 1 N–H and O–H groups in total. The number of nitrogens with one attached hydrogen (secondary N) is 1. The van der Waals surface area contributed by atoms with Crippen molar-refractivity contribution in [2.75, 3.05) is 20.3 Å². The largest absolute Gasteiger partial charge is 0.466 e. The van der Waals surface area contributed by atoms with Crippen LogP contribution in [0.2, 0.25) is 0 Å². The molecule has 0 bridgehead atoms. The Labute approximate surface area is 158 Å². The normalized spacial score (nSPS) is 16.5. The molecule has 1 unspecified atom stereocenters. The van der Waals surface area contributed by atoms with Crippen LogP contribution in [0.1, 0.15) is 32.3 Å². The highest BCUT2D eigenvalue weighted by Crippen LogP contribution is 2.39. The predicted octanol–water partition coefficient (Wildman–Crippen LogP) is 2.20. The minimum absolute atomic E-state index is 0.140. The van der Waals surface area contributed by atoms with E-state index in [0.29, 0.717) is 17.0 Å². The molecule has 0 saturated heterocycles. The van der Waals surface area contributed by atoms with Crippen molar-refractivity contribution in [3.63, 3.8) is 0 Å². The summed E-state index contributed by atoms with van der Waals surface area (Å²) >= 11 is 0. The predicted molar refractivity (Wildman–Crippen MR) is 97.3 cm³/mol. The first-order chi connectivity index (χ1) is 12.9. The van der Waals surface area contributed by atoms with Crippen molar-refractivity contribution in [1.29, 1.82) is 0 Å². The molecular weight excluding hydrogens is 350 g/mol. The highest BCUT2D eigenvalue weighted by Gasteiger charge is 2.38. The molecule has 1 heterocycles. The third-order valence-corrected chi connectivity index (χ3v) is 4.10. The molecule has 1 aromatic rings. The van der Waals surface area contributed by atoms with Crippen LogP contribution in [-0.4, -0.2) is 38.2 Å². The lowest BCUT2D eigenvalue weighted by molar-refractivity contribution is -0.142. The Balaban J connectivity index is 2.66. The summed E-state index contributed by atoms with van der Waals surface area (Å²) in [6.45, 7) is 4.71. The SMILES string of the molecule is CCOC(=O)C1=C(COC(C)=O)NC(C)=C(C(=O)OC)C1c1ccccc1. The first kappa shape index (κ1) is 20.2. The van der Waals surface area contributed by atoms with Gasteiger partial charge in [0, 0.05) is 12.6 Å². The Hall–Kier alpha value is -3.09. The zero-order chi connectivity index (χ0) is 20.0. The van der Waals surface area contributed by atoms with Gasteiger partial charge in [0.25, 0.3) is 0 Å². The molecule has 1 aliphatic rings. The molecule has 7 heteroatoms. The third-order valence-electron chi connectivity index (χ3n) is 4.10. The van der Waals surface area contributed by atoms with Crippen LogP contribution in [0.25, 0.3) is 0 Å². The van der Waals surface area contributed by atoms with Crippen LogP contribution in [0.5, 0.6) is 0 Å². The van der Waals surface area contributed by atoms with E-state index in [1.165, 1.54) is 14.0 Å². The Morgan fingerprint density at radius 3 is 2.26 bits per heavy atom. The summed E-state index contributed by atoms with van der Waals surface area (Å²) in [4.78, 5) is 36.5. The fourth-order valence-corrected chi connectivity index (χ4v) is 2.99. The second-order valence-corrected chi connectivity index (χ2v) is 5.89. The van der Waals surface area contributed by atoms with Gasteiger partial charge in [0.1, 0.15) is 6.61 Å². The smallest absolute Gasteiger partial charge is 0.336 e. The summed E-state index contributed by atoms with van der Waals surface area (Å²) in [6, 6.07) is 9.10. The van der Waals surface area contributed by atoms with E-state index in [4.69, 9.17) is 14.2 Å². The topological polar surface area (TPSA) is 90.9 Å². The van der Waals surface area contributed by atoms with E-state index in [1.54, 1.807) is 13.8 Å². The molecular formula is C20H23NO6. The van der Waals surface area contributed by atoms with Gasteiger partial charge in [-0.1, -0.05) is 30.3 Å². The molecule has 0 fully saturated rings. The fourth-order valence-electron chi connectivity index (χ4n) is 2.99. The van der Waals surface area contributed by atoms with E-state index in [1.807, 2.05) is 30.3 Å². The maximum absolute atomic E-state index is 12.8. The molecule has 0 aliphatic carbocycles. The zero-order valence-corrected chi connectivity index (χ0v) is 15.8. The summed E-state index contributed by atoms with van der Waals surface area (Å²) in [7, 11) is 1.28. The van der Waals surface area contributed by atoms with Crippen molar-refractivity contribution in [2.45, 2.75) is 26.7 Å². The van der Waals surface area contributed by atoms with Gasteiger partial charge in [-0.25, -0.2) is 9.59 Å². The Bertz CT molecular complexity index is 794. The number of allylic oxidation sites excluding steroid dienone is 1. The molecule has 0 radical (unpaired) electrons. The third kappa shape index (κ3) is 4.55. The van der Waals surface area contributed by atoms with Crippen LogP contribution < -0.4 is 5.32 Å². The highest BCUT2D eigenvalue weighted by atomic mass is 16.5. The number of hydrogen-bond donors (Lipinski definition) is 1. The van der Waals surface area contributed by atoms with E-state index >= 15 is 0 Å². The first-order valence-corrected chi connectivity index (χ1v) is 8.55. The van der Waals surface area contributed by atoms with Crippen molar-refractivity contribution in [1.82, 2.24) is 5.32 Å².